The van der Waals surface area contributed by atoms with Crippen molar-refractivity contribution >= 4 is 34.4 Å². The highest BCUT2D eigenvalue weighted by Gasteiger charge is 2.05. The fourth-order valence-electron chi connectivity index (χ4n) is 1.85. The van der Waals surface area contributed by atoms with Crippen LogP contribution in [0.5, 0.6) is 0 Å². The molecular weight excluding hydrogens is 258 g/mol. The van der Waals surface area contributed by atoms with Crippen LogP contribution < -0.4 is 5.32 Å². The monoisotopic (exact) mass is 269 g/mol. The van der Waals surface area contributed by atoms with Crippen molar-refractivity contribution in [2.75, 3.05) is 5.32 Å². The molecule has 0 saturated heterocycles. The number of rotatable bonds is 3. The SMILES string of the molecule is O=C(Cc1ccccc1)Nc1ccc2nsnc2c1. The van der Waals surface area contributed by atoms with Crippen LogP contribution in [0.3, 0.4) is 0 Å². The van der Waals surface area contributed by atoms with E-state index in [1.165, 1.54) is 11.7 Å². The van der Waals surface area contributed by atoms with Gasteiger partial charge in [0.2, 0.25) is 5.91 Å². The maximum atomic E-state index is 11.9. The third kappa shape index (κ3) is 2.77. The predicted molar refractivity (Wildman–Crippen MR) is 76.2 cm³/mol. The van der Waals surface area contributed by atoms with Crippen LogP contribution in [0.4, 0.5) is 5.69 Å². The Labute approximate surface area is 114 Å². The highest BCUT2D eigenvalue weighted by molar-refractivity contribution is 7.00. The summed E-state index contributed by atoms with van der Waals surface area (Å²) in [5.74, 6) is -0.0336. The molecule has 0 aliphatic heterocycles. The lowest BCUT2D eigenvalue weighted by atomic mass is 10.1. The zero-order valence-electron chi connectivity index (χ0n) is 10.0. The van der Waals surface area contributed by atoms with E-state index in [1.54, 1.807) is 0 Å². The van der Waals surface area contributed by atoms with Crippen molar-refractivity contribution in [3.63, 3.8) is 0 Å². The Bertz CT molecular complexity index is 709. The second-order valence-corrected chi connectivity index (χ2v) is 4.71. The highest BCUT2D eigenvalue weighted by atomic mass is 32.1. The molecule has 0 atom stereocenters. The van der Waals surface area contributed by atoms with Gasteiger partial charge in [-0.3, -0.25) is 4.79 Å². The van der Waals surface area contributed by atoms with E-state index in [2.05, 4.69) is 14.1 Å². The number of aromatic nitrogens is 2. The molecule has 0 aliphatic carbocycles. The highest BCUT2D eigenvalue weighted by Crippen LogP contribution is 2.17. The summed E-state index contributed by atoms with van der Waals surface area (Å²) in [5.41, 5.74) is 3.41. The van der Waals surface area contributed by atoms with E-state index < -0.39 is 0 Å². The van der Waals surface area contributed by atoms with Gasteiger partial charge in [0, 0.05) is 5.69 Å². The molecule has 0 unspecified atom stereocenters. The summed E-state index contributed by atoms with van der Waals surface area (Å²) in [6, 6.07) is 15.2. The van der Waals surface area contributed by atoms with Crippen molar-refractivity contribution in [2.24, 2.45) is 0 Å². The molecule has 3 aromatic rings. The molecular formula is C14H11N3OS. The molecule has 0 fully saturated rings. The zero-order valence-corrected chi connectivity index (χ0v) is 10.9. The molecule has 0 saturated carbocycles. The van der Waals surface area contributed by atoms with E-state index in [4.69, 9.17) is 0 Å². The van der Waals surface area contributed by atoms with Gasteiger partial charge >= 0.3 is 0 Å². The van der Waals surface area contributed by atoms with Crippen molar-refractivity contribution in [1.29, 1.82) is 0 Å². The molecule has 19 heavy (non-hydrogen) atoms. The first kappa shape index (κ1) is 11.8. The molecule has 1 N–H and O–H groups in total. The number of hydrogen-bond donors (Lipinski definition) is 1. The number of nitrogens with one attached hydrogen (secondary N) is 1. The third-order valence-electron chi connectivity index (χ3n) is 2.75. The summed E-state index contributed by atoms with van der Waals surface area (Å²) in [7, 11) is 0. The summed E-state index contributed by atoms with van der Waals surface area (Å²) >= 11 is 1.17. The Kier molecular flexibility index (Phi) is 3.20. The molecule has 2 aromatic carbocycles. The number of carbonyl (C=O) groups is 1. The fourth-order valence-corrected chi connectivity index (χ4v) is 2.36. The maximum Gasteiger partial charge on any atom is 0.228 e. The minimum atomic E-state index is -0.0336. The second kappa shape index (κ2) is 5.16. The van der Waals surface area contributed by atoms with E-state index >= 15 is 0 Å². The van der Waals surface area contributed by atoms with Crippen LogP contribution in [0, 0.1) is 0 Å². The van der Waals surface area contributed by atoms with Crippen molar-refractivity contribution in [2.45, 2.75) is 6.42 Å². The van der Waals surface area contributed by atoms with Crippen molar-refractivity contribution in [3.8, 4) is 0 Å². The van der Waals surface area contributed by atoms with Gasteiger partial charge in [-0.15, -0.1) is 0 Å². The Balaban J connectivity index is 1.72. The average molecular weight is 269 g/mol. The van der Waals surface area contributed by atoms with Crippen LogP contribution in [-0.4, -0.2) is 14.7 Å². The van der Waals surface area contributed by atoms with Gasteiger partial charge in [0.05, 0.1) is 18.1 Å². The summed E-state index contributed by atoms with van der Waals surface area (Å²) < 4.78 is 8.27. The van der Waals surface area contributed by atoms with Crippen LogP contribution >= 0.6 is 11.7 Å². The van der Waals surface area contributed by atoms with E-state index in [-0.39, 0.29) is 5.91 Å². The van der Waals surface area contributed by atoms with Crippen molar-refractivity contribution < 1.29 is 4.79 Å². The largest absolute Gasteiger partial charge is 0.326 e. The van der Waals surface area contributed by atoms with Gasteiger partial charge in [-0.1, -0.05) is 30.3 Å². The molecule has 1 aromatic heterocycles. The van der Waals surface area contributed by atoms with Gasteiger partial charge in [0.15, 0.2) is 0 Å². The van der Waals surface area contributed by atoms with Gasteiger partial charge in [-0.2, -0.15) is 8.75 Å². The number of hydrogen-bond acceptors (Lipinski definition) is 4. The Hall–Kier alpha value is -2.27. The normalized spacial score (nSPS) is 10.5. The molecule has 94 valence electrons. The molecule has 0 aliphatic rings. The van der Waals surface area contributed by atoms with E-state index in [0.717, 1.165) is 22.3 Å². The summed E-state index contributed by atoms with van der Waals surface area (Å²) in [6.45, 7) is 0. The number of anilines is 1. The molecule has 3 rings (SSSR count). The van der Waals surface area contributed by atoms with Gasteiger partial charge in [0.1, 0.15) is 11.0 Å². The number of benzene rings is 2. The van der Waals surface area contributed by atoms with Crippen LogP contribution in [0.1, 0.15) is 5.56 Å². The van der Waals surface area contributed by atoms with Crippen LogP contribution in [0.15, 0.2) is 48.5 Å². The van der Waals surface area contributed by atoms with Gasteiger partial charge < -0.3 is 5.32 Å². The summed E-state index contributed by atoms with van der Waals surface area (Å²) in [6.07, 6.45) is 0.369. The van der Waals surface area contributed by atoms with E-state index in [1.807, 2.05) is 48.5 Å². The third-order valence-corrected chi connectivity index (χ3v) is 3.30. The smallest absolute Gasteiger partial charge is 0.228 e. The van der Waals surface area contributed by atoms with E-state index in [9.17, 15) is 4.79 Å². The topological polar surface area (TPSA) is 54.9 Å². The lowest BCUT2D eigenvalue weighted by Crippen LogP contribution is -2.14. The van der Waals surface area contributed by atoms with Gasteiger partial charge in [-0.05, 0) is 23.8 Å². The number of fused-ring (bicyclic) bond motifs is 1. The molecule has 5 heteroatoms. The van der Waals surface area contributed by atoms with Crippen molar-refractivity contribution in [1.82, 2.24) is 8.75 Å². The first-order valence-corrected chi connectivity index (χ1v) is 6.60. The minimum Gasteiger partial charge on any atom is -0.326 e. The zero-order chi connectivity index (χ0) is 13.1. The summed E-state index contributed by atoms with van der Waals surface area (Å²) in [4.78, 5) is 11.9. The maximum absolute atomic E-state index is 11.9. The van der Waals surface area contributed by atoms with Crippen LogP contribution in [0.2, 0.25) is 0 Å². The molecule has 0 spiro atoms. The Morgan fingerprint density at radius 3 is 2.68 bits per heavy atom. The van der Waals surface area contributed by atoms with Crippen LogP contribution in [-0.2, 0) is 11.2 Å². The first-order chi connectivity index (χ1) is 9.31. The summed E-state index contributed by atoms with van der Waals surface area (Å²) in [5, 5.41) is 2.87. The minimum absolute atomic E-state index is 0.0336. The van der Waals surface area contributed by atoms with Crippen molar-refractivity contribution in [3.05, 3.63) is 54.1 Å². The number of amides is 1. The lowest BCUT2D eigenvalue weighted by Gasteiger charge is -2.05. The second-order valence-electron chi connectivity index (χ2n) is 4.18. The molecule has 1 heterocycles. The average Bonchev–Trinajstić information content (AvgIpc) is 2.87. The van der Waals surface area contributed by atoms with Gasteiger partial charge in [-0.25, -0.2) is 0 Å². The molecule has 4 nitrogen and oxygen atoms in total. The Morgan fingerprint density at radius 1 is 1.05 bits per heavy atom. The number of carbonyl (C=O) groups excluding carboxylic acids is 1. The molecule has 0 bridgehead atoms. The number of nitrogens with zero attached hydrogens (tertiary/aromatic N) is 2. The first-order valence-electron chi connectivity index (χ1n) is 5.87. The van der Waals surface area contributed by atoms with E-state index in [0.29, 0.717) is 6.42 Å². The van der Waals surface area contributed by atoms with Gasteiger partial charge in [0.25, 0.3) is 0 Å². The quantitative estimate of drug-likeness (QED) is 0.795. The molecule has 1 amide bonds. The Morgan fingerprint density at radius 2 is 1.84 bits per heavy atom. The van der Waals surface area contributed by atoms with Crippen LogP contribution in [0.25, 0.3) is 11.0 Å². The molecule has 0 radical (unpaired) electrons. The standard InChI is InChI=1S/C14H11N3OS/c18-14(8-10-4-2-1-3-5-10)15-11-6-7-12-13(9-11)17-19-16-12/h1-7,9H,8H2,(H,15,18). The predicted octanol–water partition coefficient (Wildman–Crippen LogP) is 2.87. The lowest BCUT2D eigenvalue weighted by molar-refractivity contribution is -0.115. The fraction of sp³-hybridized carbons (Fsp3) is 0.0714.